The van der Waals surface area contributed by atoms with Gasteiger partial charge in [-0.3, -0.25) is 4.90 Å². The first-order valence-corrected chi connectivity index (χ1v) is 8.58. The molecule has 0 radical (unpaired) electrons. The molecule has 2 heterocycles. The Morgan fingerprint density at radius 1 is 1.41 bits per heavy atom. The normalized spacial score (nSPS) is 21.1. The van der Waals surface area contributed by atoms with Crippen LogP contribution < -0.4 is 0 Å². The predicted molar refractivity (Wildman–Crippen MR) is 89.6 cm³/mol. The zero-order valence-electron chi connectivity index (χ0n) is 13.1. The van der Waals surface area contributed by atoms with Crippen molar-refractivity contribution in [1.82, 2.24) is 14.5 Å². The third-order valence-corrected chi connectivity index (χ3v) is 5.34. The molecule has 3 rings (SSSR count). The molecule has 5 heteroatoms. The molecule has 0 aliphatic heterocycles. The van der Waals surface area contributed by atoms with E-state index in [0.717, 1.165) is 25.3 Å². The molecule has 0 spiro atoms. The van der Waals surface area contributed by atoms with Crippen LogP contribution in [0.1, 0.15) is 22.8 Å². The second-order valence-corrected chi connectivity index (χ2v) is 7.00. The topological polar surface area (TPSA) is 41.3 Å². The molecule has 0 unspecified atom stereocenters. The number of thiophene rings is 1. The van der Waals surface area contributed by atoms with Crippen molar-refractivity contribution in [3.63, 3.8) is 0 Å². The molecule has 2 atom stereocenters. The summed E-state index contributed by atoms with van der Waals surface area (Å²) in [6, 6.07) is 4.68. The molecule has 0 amide bonds. The number of imidazole rings is 1. The van der Waals surface area contributed by atoms with Gasteiger partial charge >= 0.3 is 0 Å². The number of hydrogen-bond donors (Lipinski definition) is 1. The lowest BCUT2D eigenvalue weighted by molar-refractivity contribution is 0.178. The molecule has 118 valence electrons. The van der Waals surface area contributed by atoms with Crippen LogP contribution in [0.3, 0.4) is 0 Å². The van der Waals surface area contributed by atoms with Crippen LogP contribution in [0, 0.1) is 12.8 Å². The highest BCUT2D eigenvalue weighted by Crippen LogP contribution is 2.26. The van der Waals surface area contributed by atoms with Gasteiger partial charge in [0, 0.05) is 49.8 Å². The Kier molecular flexibility index (Phi) is 4.76. The lowest BCUT2D eigenvalue weighted by atomic mass is 10.1. The van der Waals surface area contributed by atoms with Gasteiger partial charge in [0.2, 0.25) is 0 Å². The summed E-state index contributed by atoms with van der Waals surface area (Å²) in [5.74, 6) is 1.34. The molecule has 4 nitrogen and oxygen atoms in total. The third-order valence-electron chi connectivity index (χ3n) is 4.47. The first-order valence-electron chi connectivity index (χ1n) is 7.70. The van der Waals surface area contributed by atoms with Crippen LogP contribution in [-0.4, -0.2) is 32.2 Å². The number of aromatic nitrogens is 2. The van der Waals surface area contributed by atoms with Crippen molar-refractivity contribution in [2.24, 2.45) is 13.0 Å². The van der Waals surface area contributed by atoms with Crippen LogP contribution in [-0.2, 0) is 20.1 Å². The summed E-state index contributed by atoms with van der Waals surface area (Å²) in [7, 11) is 2.07. The van der Waals surface area contributed by atoms with Crippen LogP contribution in [0.25, 0.3) is 0 Å². The fourth-order valence-electron chi connectivity index (χ4n) is 2.96. The van der Waals surface area contributed by atoms with Gasteiger partial charge in [0.25, 0.3) is 0 Å². The monoisotopic (exact) mass is 317 g/mol. The average Bonchev–Trinajstić information content (AvgIpc) is 3.24. The van der Waals surface area contributed by atoms with Crippen molar-refractivity contribution in [2.45, 2.75) is 32.5 Å². The van der Waals surface area contributed by atoms with Gasteiger partial charge in [-0.25, -0.2) is 4.98 Å². The molecule has 2 aromatic rings. The minimum Gasteiger partial charge on any atom is -0.396 e. The van der Waals surface area contributed by atoms with E-state index < -0.39 is 0 Å². The lowest BCUT2D eigenvalue weighted by Gasteiger charge is -2.28. The Morgan fingerprint density at radius 2 is 2.27 bits per heavy atom. The molecule has 1 aliphatic rings. The summed E-state index contributed by atoms with van der Waals surface area (Å²) in [5.41, 5.74) is 1.23. The lowest BCUT2D eigenvalue weighted by Crippen LogP contribution is -2.33. The van der Waals surface area contributed by atoms with Gasteiger partial charge in [-0.05, 0) is 24.8 Å². The van der Waals surface area contributed by atoms with E-state index in [0.29, 0.717) is 12.0 Å². The van der Waals surface area contributed by atoms with Crippen LogP contribution in [0.4, 0.5) is 0 Å². The highest BCUT2D eigenvalue weighted by molar-refractivity contribution is 7.09. The zero-order chi connectivity index (χ0) is 15.5. The fraction of sp³-hybridized carbons (Fsp3) is 0.471. The van der Waals surface area contributed by atoms with Crippen molar-refractivity contribution in [2.75, 3.05) is 6.61 Å². The van der Waals surface area contributed by atoms with Crippen molar-refractivity contribution < 1.29 is 5.11 Å². The van der Waals surface area contributed by atoms with Crippen LogP contribution >= 0.6 is 11.3 Å². The molecular weight excluding hydrogens is 294 g/mol. The molecule has 1 N–H and O–H groups in total. The molecule has 22 heavy (non-hydrogen) atoms. The SMILES string of the molecule is Cc1ncc(CN(Cc2cccs2)[C@@H]2C=C[C@H](CO)C2)n1C. The summed E-state index contributed by atoms with van der Waals surface area (Å²) in [5, 5.41) is 11.5. The number of hydrogen-bond acceptors (Lipinski definition) is 4. The molecule has 0 saturated carbocycles. The minimum absolute atomic E-state index is 0.241. The molecule has 1 aliphatic carbocycles. The molecule has 0 saturated heterocycles. The van der Waals surface area contributed by atoms with Gasteiger partial charge in [0.05, 0.1) is 5.69 Å². The van der Waals surface area contributed by atoms with Gasteiger partial charge in [-0.1, -0.05) is 18.2 Å². The summed E-state index contributed by atoms with van der Waals surface area (Å²) in [4.78, 5) is 8.26. The number of aliphatic hydroxyl groups excluding tert-OH is 1. The maximum Gasteiger partial charge on any atom is 0.105 e. The van der Waals surface area contributed by atoms with E-state index in [-0.39, 0.29) is 6.61 Å². The smallest absolute Gasteiger partial charge is 0.105 e. The van der Waals surface area contributed by atoms with Gasteiger partial charge in [0.1, 0.15) is 5.82 Å². The molecule has 0 bridgehead atoms. The first kappa shape index (κ1) is 15.5. The Balaban J connectivity index is 1.77. The van der Waals surface area contributed by atoms with Crippen LogP contribution in [0.5, 0.6) is 0 Å². The van der Waals surface area contributed by atoms with E-state index in [2.05, 4.69) is 51.2 Å². The Hall–Kier alpha value is -1.43. The summed E-state index contributed by atoms with van der Waals surface area (Å²) < 4.78 is 2.16. The Morgan fingerprint density at radius 3 is 2.86 bits per heavy atom. The molecular formula is C17H23N3OS. The first-order chi connectivity index (χ1) is 10.7. The second kappa shape index (κ2) is 6.77. The zero-order valence-corrected chi connectivity index (χ0v) is 14.0. The summed E-state index contributed by atoms with van der Waals surface area (Å²) >= 11 is 1.80. The molecule has 0 aromatic carbocycles. The highest BCUT2D eigenvalue weighted by atomic mass is 32.1. The standard InChI is InChI=1S/C17H23N3OS/c1-13-18-9-16(19(13)2)10-20(11-17-4-3-7-22-17)15-6-5-14(8-15)12-21/h3-7,9,14-15,21H,8,10-12H2,1-2H3/t14-,15+/m0/s1. The number of aryl methyl sites for hydroxylation is 1. The minimum atomic E-state index is 0.241. The third kappa shape index (κ3) is 3.32. The summed E-state index contributed by atoms with van der Waals surface area (Å²) in [6.45, 7) is 4.09. The average molecular weight is 317 g/mol. The van der Waals surface area contributed by atoms with Crippen LogP contribution in [0.15, 0.2) is 35.9 Å². The quantitative estimate of drug-likeness (QED) is 0.833. The van der Waals surface area contributed by atoms with Crippen molar-refractivity contribution in [1.29, 1.82) is 0 Å². The predicted octanol–water partition coefficient (Wildman–Crippen LogP) is 2.73. The number of aliphatic hydroxyl groups is 1. The van der Waals surface area contributed by atoms with Crippen molar-refractivity contribution in [3.8, 4) is 0 Å². The van der Waals surface area contributed by atoms with E-state index >= 15 is 0 Å². The van der Waals surface area contributed by atoms with E-state index in [1.54, 1.807) is 11.3 Å². The largest absolute Gasteiger partial charge is 0.396 e. The number of rotatable bonds is 6. The maximum atomic E-state index is 9.38. The summed E-state index contributed by atoms with van der Waals surface area (Å²) in [6.07, 6.45) is 7.37. The van der Waals surface area contributed by atoms with Crippen molar-refractivity contribution in [3.05, 3.63) is 52.3 Å². The number of nitrogens with zero attached hydrogens (tertiary/aromatic N) is 3. The highest BCUT2D eigenvalue weighted by Gasteiger charge is 2.25. The van der Waals surface area contributed by atoms with Gasteiger partial charge in [-0.15, -0.1) is 11.3 Å². The van der Waals surface area contributed by atoms with Gasteiger partial charge in [0.15, 0.2) is 0 Å². The van der Waals surface area contributed by atoms with Crippen molar-refractivity contribution >= 4 is 11.3 Å². The maximum absolute atomic E-state index is 9.38. The molecule has 0 fully saturated rings. The Bertz CT molecular complexity index is 632. The van der Waals surface area contributed by atoms with E-state index in [1.807, 2.05) is 13.1 Å². The second-order valence-electron chi connectivity index (χ2n) is 5.97. The van der Waals surface area contributed by atoms with Gasteiger partial charge in [-0.2, -0.15) is 0 Å². The van der Waals surface area contributed by atoms with E-state index in [9.17, 15) is 5.11 Å². The van der Waals surface area contributed by atoms with Crippen LogP contribution in [0.2, 0.25) is 0 Å². The van der Waals surface area contributed by atoms with E-state index in [4.69, 9.17) is 0 Å². The van der Waals surface area contributed by atoms with E-state index in [1.165, 1.54) is 10.6 Å². The Labute approximate surface area is 135 Å². The van der Waals surface area contributed by atoms with Gasteiger partial charge < -0.3 is 9.67 Å². The molecule has 2 aromatic heterocycles. The fourth-order valence-corrected chi connectivity index (χ4v) is 3.69.